The van der Waals surface area contributed by atoms with E-state index in [1.807, 2.05) is 0 Å². The molecule has 0 spiro atoms. The van der Waals surface area contributed by atoms with Crippen molar-refractivity contribution < 1.29 is 0 Å². The van der Waals surface area contributed by atoms with Gasteiger partial charge in [-0.15, -0.1) is 11.3 Å². The predicted octanol–water partition coefficient (Wildman–Crippen LogP) is 3.41. The summed E-state index contributed by atoms with van der Waals surface area (Å²) in [4.78, 5) is 2.51. The van der Waals surface area contributed by atoms with Crippen molar-refractivity contribution in [2.45, 2.75) is 13.5 Å². The zero-order chi connectivity index (χ0) is 11.0. The molecule has 0 bridgehead atoms. The Morgan fingerprint density at radius 2 is 2.20 bits per heavy atom. The minimum atomic E-state index is 0.664. The fourth-order valence-electron chi connectivity index (χ4n) is 1.24. The Morgan fingerprint density at radius 3 is 2.67 bits per heavy atom. The number of aryl methyl sites for hydroxylation is 1. The molecule has 2 aromatic heterocycles. The van der Waals surface area contributed by atoms with Crippen molar-refractivity contribution >= 4 is 49.0 Å². The standard InChI is InChI=1S/C9H9Br2N3S/c1-5-7(10)2-6(15-5)4-14-9(12)8(11)3-13-14/h2-3H,4,12H2,1H3. The molecule has 2 heterocycles. The van der Waals surface area contributed by atoms with Gasteiger partial charge in [-0.25, -0.2) is 4.68 Å². The molecule has 0 aliphatic carbocycles. The molecule has 0 unspecified atom stereocenters. The van der Waals surface area contributed by atoms with Gasteiger partial charge in [-0.2, -0.15) is 5.10 Å². The molecule has 0 saturated heterocycles. The van der Waals surface area contributed by atoms with Gasteiger partial charge in [0.25, 0.3) is 0 Å². The summed E-state index contributed by atoms with van der Waals surface area (Å²) in [6, 6.07) is 2.11. The summed E-state index contributed by atoms with van der Waals surface area (Å²) in [5, 5.41) is 4.19. The Kier molecular flexibility index (Phi) is 3.18. The van der Waals surface area contributed by atoms with Gasteiger partial charge in [0.2, 0.25) is 0 Å². The molecule has 0 fully saturated rings. The molecule has 2 rings (SSSR count). The van der Waals surface area contributed by atoms with E-state index < -0.39 is 0 Å². The number of hydrogen-bond acceptors (Lipinski definition) is 3. The summed E-state index contributed by atoms with van der Waals surface area (Å²) in [5.41, 5.74) is 5.84. The van der Waals surface area contributed by atoms with Crippen LogP contribution in [-0.2, 0) is 6.54 Å². The molecule has 0 aliphatic rings. The molecule has 0 aromatic carbocycles. The molecule has 15 heavy (non-hydrogen) atoms. The highest BCUT2D eigenvalue weighted by Gasteiger charge is 2.08. The van der Waals surface area contributed by atoms with Crippen molar-refractivity contribution in [2.75, 3.05) is 5.73 Å². The first-order chi connectivity index (χ1) is 7.08. The second-order valence-electron chi connectivity index (χ2n) is 3.15. The first-order valence-electron chi connectivity index (χ1n) is 4.29. The minimum absolute atomic E-state index is 0.664. The van der Waals surface area contributed by atoms with Crippen molar-refractivity contribution in [1.29, 1.82) is 0 Å². The van der Waals surface area contributed by atoms with Gasteiger partial charge < -0.3 is 5.73 Å². The van der Waals surface area contributed by atoms with Crippen LogP contribution in [0.1, 0.15) is 9.75 Å². The lowest BCUT2D eigenvalue weighted by atomic mass is 10.4. The van der Waals surface area contributed by atoms with E-state index in [-0.39, 0.29) is 0 Å². The SMILES string of the molecule is Cc1sc(Cn2ncc(Br)c2N)cc1Br. The number of nitrogen functional groups attached to an aromatic ring is 1. The van der Waals surface area contributed by atoms with Crippen molar-refractivity contribution in [3.05, 3.63) is 31.0 Å². The fraction of sp³-hybridized carbons (Fsp3) is 0.222. The second-order valence-corrected chi connectivity index (χ2v) is 6.20. The van der Waals surface area contributed by atoms with Gasteiger partial charge in [0.15, 0.2) is 0 Å². The topological polar surface area (TPSA) is 43.8 Å². The Morgan fingerprint density at radius 1 is 1.47 bits per heavy atom. The number of anilines is 1. The molecule has 0 amide bonds. The van der Waals surface area contributed by atoms with E-state index >= 15 is 0 Å². The van der Waals surface area contributed by atoms with E-state index in [0.717, 1.165) is 8.95 Å². The van der Waals surface area contributed by atoms with Crippen LogP contribution in [0.3, 0.4) is 0 Å². The lowest BCUT2D eigenvalue weighted by Crippen LogP contribution is -2.04. The highest BCUT2D eigenvalue weighted by Crippen LogP contribution is 2.28. The average Bonchev–Trinajstić information content (AvgIpc) is 2.65. The molecule has 80 valence electrons. The Balaban J connectivity index is 2.25. The van der Waals surface area contributed by atoms with E-state index in [1.54, 1.807) is 22.2 Å². The lowest BCUT2D eigenvalue weighted by Gasteiger charge is -2.01. The molecule has 6 heteroatoms. The van der Waals surface area contributed by atoms with Crippen LogP contribution < -0.4 is 5.73 Å². The summed E-state index contributed by atoms with van der Waals surface area (Å²) < 4.78 is 3.77. The Labute approximate surface area is 109 Å². The molecule has 0 aliphatic heterocycles. The largest absolute Gasteiger partial charge is 0.383 e. The Hall–Kier alpha value is -0.330. The summed E-state index contributed by atoms with van der Waals surface area (Å²) in [7, 11) is 0. The average molecular weight is 351 g/mol. The number of halogens is 2. The fourth-order valence-corrected chi connectivity index (χ4v) is 3.12. The van der Waals surface area contributed by atoms with Crippen LogP contribution >= 0.6 is 43.2 Å². The molecular weight excluding hydrogens is 342 g/mol. The maximum atomic E-state index is 5.84. The molecule has 3 nitrogen and oxygen atoms in total. The first kappa shape index (κ1) is 11.2. The molecular formula is C9H9Br2N3S. The maximum absolute atomic E-state index is 5.84. The van der Waals surface area contributed by atoms with Crippen LogP contribution in [0.2, 0.25) is 0 Å². The molecule has 0 radical (unpaired) electrons. The smallest absolute Gasteiger partial charge is 0.136 e. The van der Waals surface area contributed by atoms with Gasteiger partial charge in [-0.1, -0.05) is 0 Å². The van der Waals surface area contributed by atoms with Gasteiger partial charge in [-0.05, 0) is 44.8 Å². The van der Waals surface area contributed by atoms with E-state index in [4.69, 9.17) is 5.73 Å². The summed E-state index contributed by atoms with van der Waals surface area (Å²) >= 11 is 8.58. The van der Waals surface area contributed by atoms with Gasteiger partial charge in [0.05, 0.1) is 17.2 Å². The van der Waals surface area contributed by atoms with Crippen LogP contribution in [0.4, 0.5) is 5.82 Å². The third-order valence-corrected chi connectivity index (χ3v) is 4.78. The first-order valence-corrected chi connectivity index (χ1v) is 6.69. The van der Waals surface area contributed by atoms with Crippen molar-refractivity contribution in [3.63, 3.8) is 0 Å². The number of rotatable bonds is 2. The van der Waals surface area contributed by atoms with Crippen molar-refractivity contribution in [2.24, 2.45) is 0 Å². The van der Waals surface area contributed by atoms with Crippen molar-refractivity contribution in [1.82, 2.24) is 9.78 Å². The summed E-state index contributed by atoms with van der Waals surface area (Å²) in [6.07, 6.45) is 1.71. The number of aromatic nitrogens is 2. The zero-order valence-corrected chi connectivity index (χ0v) is 12.0. The highest BCUT2D eigenvalue weighted by molar-refractivity contribution is 9.11. The molecule has 2 N–H and O–H groups in total. The van der Waals surface area contributed by atoms with Gasteiger partial charge in [-0.3, -0.25) is 0 Å². The number of nitrogens with zero attached hydrogens (tertiary/aromatic N) is 2. The van der Waals surface area contributed by atoms with Gasteiger partial charge in [0, 0.05) is 14.2 Å². The van der Waals surface area contributed by atoms with Crippen LogP contribution in [0, 0.1) is 6.92 Å². The third kappa shape index (κ3) is 2.26. The number of thiophene rings is 1. The second kappa shape index (κ2) is 4.27. The van der Waals surface area contributed by atoms with E-state index in [9.17, 15) is 0 Å². The van der Waals surface area contributed by atoms with E-state index in [0.29, 0.717) is 12.4 Å². The van der Waals surface area contributed by atoms with E-state index in [1.165, 1.54) is 9.75 Å². The molecule has 2 aromatic rings. The van der Waals surface area contributed by atoms with Crippen LogP contribution in [0.5, 0.6) is 0 Å². The number of hydrogen-bond donors (Lipinski definition) is 1. The normalized spacial score (nSPS) is 10.9. The van der Waals surface area contributed by atoms with Crippen LogP contribution in [0.25, 0.3) is 0 Å². The summed E-state index contributed by atoms with van der Waals surface area (Å²) in [5.74, 6) is 0.664. The summed E-state index contributed by atoms with van der Waals surface area (Å²) in [6.45, 7) is 2.80. The Bertz CT molecular complexity index is 470. The van der Waals surface area contributed by atoms with Gasteiger partial charge in [0.1, 0.15) is 5.82 Å². The zero-order valence-electron chi connectivity index (χ0n) is 8.00. The molecule has 0 saturated carbocycles. The quantitative estimate of drug-likeness (QED) is 0.901. The minimum Gasteiger partial charge on any atom is -0.383 e. The maximum Gasteiger partial charge on any atom is 0.136 e. The predicted molar refractivity (Wildman–Crippen MR) is 70.2 cm³/mol. The van der Waals surface area contributed by atoms with E-state index in [2.05, 4.69) is 49.9 Å². The van der Waals surface area contributed by atoms with Crippen LogP contribution in [-0.4, -0.2) is 9.78 Å². The molecule has 0 atom stereocenters. The van der Waals surface area contributed by atoms with Gasteiger partial charge >= 0.3 is 0 Å². The van der Waals surface area contributed by atoms with Crippen LogP contribution in [0.15, 0.2) is 21.2 Å². The monoisotopic (exact) mass is 349 g/mol. The highest BCUT2D eigenvalue weighted by atomic mass is 79.9. The lowest BCUT2D eigenvalue weighted by molar-refractivity contribution is 0.705. The third-order valence-electron chi connectivity index (χ3n) is 2.05. The van der Waals surface area contributed by atoms with Crippen molar-refractivity contribution in [3.8, 4) is 0 Å². The number of nitrogens with two attached hydrogens (primary N) is 1.